The maximum atomic E-state index is 12.7. The standard InChI is InChI=1S/C19H26N4O/c1-6-7-12-8-11(2)22-17(16(12)20-5)19(3,4)23-18(24)15-13-9-21-10-14(13)15/h6-8,13-15,21H,5,9-10H2,1-4H3,(H,23,24)/b7-6-/t13-,14+,15?. The predicted octanol–water partition coefficient (Wildman–Crippen LogP) is 2.57. The Morgan fingerprint density at radius 2 is 2.12 bits per heavy atom. The van der Waals surface area contributed by atoms with E-state index in [1.165, 1.54) is 0 Å². The Balaban J connectivity index is 1.88. The number of aryl methyl sites for hydroxylation is 1. The molecular formula is C19H26N4O. The SMILES string of the molecule is C=Nc1c(/C=C\C)cc(C)nc1C(C)(C)NC(=O)C1[C@H]2CNC[C@@H]12. The zero-order valence-electron chi connectivity index (χ0n) is 14.9. The molecule has 0 spiro atoms. The fourth-order valence-corrected chi connectivity index (χ4v) is 3.86. The molecule has 0 radical (unpaired) electrons. The lowest BCUT2D eigenvalue weighted by molar-refractivity contribution is -0.124. The monoisotopic (exact) mass is 326 g/mol. The lowest BCUT2D eigenvalue weighted by Gasteiger charge is -2.28. The van der Waals surface area contributed by atoms with Gasteiger partial charge in [-0.2, -0.15) is 0 Å². The summed E-state index contributed by atoms with van der Waals surface area (Å²) in [6, 6.07) is 1.99. The number of aromatic nitrogens is 1. The number of aliphatic imine (C=N–C) groups is 1. The molecule has 2 fully saturated rings. The van der Waals surface area contributed by atoms with Crippen LogP contribution in [-0.2, 0) is 10.3 Å². The molecule has 5 nitrogen and oxygen atoms in total. The zero-order chi connectivity index (χ0) is 17.5. The van der Waals surface area contributed by atoms with Gasteiger partial charge < -0.3 is 10.6 Å². The topological polar surface area (TPSA) is 66.4 Å². The van der Waals surface area contributed by atoms with Gasteiger partial charge in [-0.15, -0.1) is 0 Å². The van der Waals surface area contributed by atoms with Gasteiger partial charge in [0.25, 0.3) is 0 Å². The minimum Gasteiger partial charge on any atom is -0.345 e. The van der Waals surface area contributed by atoms with E-state index in [1.807, 2.05) is 45.9 Å². The van der Waals surface area contributed by atoms with Crippen molar-refractivity contribution in [2.75, 3.05) is 13.1 Å². The fourth-order valence-electron chi connectivity index (χ4n) is 3.86. The minimum absolute atomic E-state index is 0.127. The maximum absolute atomic E-state index is 12.7. The Bertz CT molecular complexity index is 698. The van der Waals surface area contributed by atoms with Crippen LogP contribution in [0, 0.1) is 24.7 Å². The molecule has 24 heavy (non-hydrogen) atoms. The number of hydrogen-bond acceptors (Lipinski definition) is 4. The minimum atomic E-state index is -0.597. The molecule has 1 aliphatic carbocycles. The molecule has 1 amide bonds. The summed E-state index contributed by atoms with van der Waals surface area (Å²) >= 11 is 0. The fraction of sp³-hybridized carbons (Fsp3) is 0.526. The first-order valence-corrected chi connectivity index (χ1v) is 8.53. The summed E-state index contributed by atoms with van der Waals surface area (Å²) in [5.74, 6) is 1.27. The first-order chi connectivity index (χ1) is 11.4. The second-order valence-corrected chi connectivity index (χ2v) is 7.33. The van der Waals surface area contributed by atoms with Gasteiger partial charge in [-0.1, -0.05) is 12.2 Å². The molecule has 1 saturated heterocycles. The van der Waals surface area contributed by atoms with Gasteiger partial charge in [0.2, 0.25) is 5.91 Å². The Kier molecular flexibility index (Phi) is 4.30. The largest absolute Gasteiger partial charge is 0.345 e. The van der Waals surface area contributed by atoms with Crippen LogP contribution < -0.4 is 10.6 Å². The number of pyridine rings is 1. The van der Waals surface area contributed by atoms with Crippen LogP contribution in [0.2, 0.25) is 0 Å². The normalized spacial score (nSPS) is 25.6. The summed E-state index contributed by atoms with van der Waals surface area (Å²) in [5.41, 5.74) is 2.79. The Labute approximate surface area is 143 Å². The van der Waals surface area contributed by atoms with Crippen molar-refractivity contribution in [3.05, 3.63) is 29.1 Å². The van der Waals surface area contributed by atoms with Gasteiger partial charge in [-0.25, -0.2) is 0 Å². The number of piperidine rings is 1. The number of rotatable bonds is 5. The molecule has 2 aliphatic rings. The van der Waals surface area contributed by atoms with Gasteiger partial charge in [-0.3, -0.25) is 14.8 Å². The number of fused-ring (bicyclic) bond motifs is 1. The smallest absolute Gasteiger partial charge is 0.224 e. The zero-order valence-corrected chi connectivity index (χ0v) is 14.9. The number of amides is 1. The summed E-state index contributed by atoms with van der Waals surface area (Å²) in [7, 11) is 0. The molecular weight excluding hydrogens is 300 g/mol. The molecule has 2 heterocycles. The highest BCUT2D eigenvalue weighted by Gasteiger charge is 2.57. The molecule has 1 saturated carbocycles. The van der Waals surface area contributed by atoms with Gasteiger partial charge in [0.05, 0.1) is 16.9 Å². The molecule has 0 aromatic carbocycles. The lowest BCUT2D eigenvalue weighted by atomic mass is 9.94. The van der Waals surface area contributed by atoms with Crippen LogP contribution in [-0.4, -0.2) is 30.7 Å². The summed E-state index contributed by atoms with van der Waals surface area (Å²) < 4.78 is 0. The van der Waals surface area contributed by atoms with Crippen molar-refractivity contribution >= 4 is 24.4 Å². The molecule has 3 atom stereocenters. The van der Waals surface area contributed by atoms with E-state index in [9.17, 15) is 4.79 Å². The van der Waals surface area contributed by atoms with E-state index in [0.29, 0.717) is 11.8 Å². The second kappa shape index (κ2) is 6.13. The van der Waals surface area contributed by atoms with Crippen molar-refractivity contribution < 1.29 is 4.79 Å². The number of hydrogen-bond donors (Lipinski definition) is 2. The molecule has 2 N–H and O–H groups in total. The number of nitrogens with zero attached hydrogens (tertiary/aromatic N) is 2. The van der Waals surface area contributed by atoms with Gasteiger partial charge in [0, 0.05) is 17.2 Å². The molecule has 1 aromatic heterocycles. The highest BCUT2D eigenvalue weighted by atomic mass is 16.2. The van der Waals surface area contributed by atoms with Crippen LogP contribution in [0.1, 0.15) is 37.7 Å². The number of allylic oxidation sites excluding steroid dienone is 1. The Morgan fingerprint density at radius 3 is 2.71 bits per heavy atom. The van der Waals surface area contributed by atoms with Crippen molar-refractivity contribution in [1.82, 2.24) is 15.6 Å². The quantitative estimate of drug-likeness (QED) is 0.817. The molecule has 0 bridgehead atoms. The highest BCUT2D eigenvalue weighted by Crippen LogP contribution is 2.49. The third-order valence-electron chi connectivity index (χ3n) is 5.08. The van der Waals surface area contributed by atoms with Crippen molar-refractivity contribution in [1.29, 1.82) is 0 Å². The molecule has 5 heteroatoms. The molecule has 1 aromatic rings. The summed E-state index contributed by atoms with van der Waals surface area (Å²) in [6.07, 6.45) is 3.97. The lowest BCUT2D eigenvalue weighted by Crippen LogP contribution is -2.43. The van der Waals surface area contributed by atoms with Gasteiger partial charge in [0.1, 0.15) is 0 Å². The van der Waals surface area contributed by atoms with Gasteiger partial charge >= 0.3 is 0 Å². The van der Waals surface area contributed by atoms with Crippen LogP contribution in [0.25, 0.3) is 6.08 Å². The summed E-state index contributed by atoms with van der Waals surface area (Å²) in [6.45, 7) is 13.5. The van der Waals surface area contributed by atoms with E-state index in [2.05, 4.69) is 27.3 Å². The van der Waals surface area contributed by atoms with Crippen LogP contribution in [0.5, 0.6) is 0 Å². The van der Waals surface area contributed by atoms with Gasteiger partial charge in [-0.05, 0) is 65.4 Å². The van der Waals surface area contributed by atoms with Gasteiger partial charge in [0.15, 0.2) is 0 Å². The number of nitrogens with one attached hydrogen (secondary N) is 2. The van der Waals surface area contributed by atoms with Crippen molar-refractivity contribution in [3.63, 3.8) is 0 Å². The van der Waals surface area contributed by atoms with E-state index in [1.54, 1.807) is 0 Å². The summed E-state index contributed by atoms with van der Waals surface area (Å²) in [5, 5.41) is 6.52. The summed E-state index contributed by atoms with van der Waals surface area (Å²) in [4.78, 5) is 21.5. The van der Waals surface area contributed by atoms with E-state index in [-0.39, 0.29) is 11.8 Å². The van der Waals surface area contributed by atoms with Crippen LogP contribution in [0.15, 0.2) is 17.1 Å². The molecule has 128 valence electrons. The average molecular weight is 326 g/mol. The Morgan fingerprint density at radius 1 is 1.46 bits per heavy atom. The first kappa shape index (κ1) is 16.8. The maximum Gasteiger partial charge on any atom is 0.224 e. The average Bonchev–Trinajstić information content (AvgIpc) is 3.00. The molecule has 1 aliphatic heterocycles. The predicted molar refractivity (Wildman–Crippen MR) is 97.4 cm³/mol. The molecule has 1 unspecified atom stereocenters. The van der Waals surface area contributed by atoms with Crippen molar-refractivity contribution in [3.8, 4) is 0 Å². The van der Waals surface area contributed by atoms with Crippen LogP contribution in [0.3, 0.4) is 0 Å². The Hall–Kier alpha value is -2.01. The van der Waals surface area contributed by atoms with Crippen molar-refractivity contribution in [2.45, 2.75) is 33.2 Å². The first-order valence-electron chi connectivity index (χ1n) is 8.53. The van der Waals surface area contributed by atoms with E-state index in [4.69, 9.17) is 0 Å². The number of carbonyl (C=O) groups is 1. The second-order valence-electron chi connectivity index (χ2n) is 7.33. The third-order valence-corrected chi connectivity index (χ3v) is 5.08. The third kappa shape index (κ3) is 2.88. The highest BCUT2D eigenvalue weighted by molar-refractivity contribution is 5.84. The van der Waals surface area contributed by atoms with Crippen LogP contribution in [0.4, 0.5) is 5.69 Å². The van der Waals surface area contributed by atoms with E-state index in [0.717, 1.165) is 35.7 Å². The number of carbonyl (C=O) groups excluding carboxylic acids is 1. The van der Waals surface area contributed by atoms with Crippen LogP contribution >= 0.6 is 0 Å². The van der Waals surface area contributed by atoms with Crippen molar-refractivity contribution in [2.24, 2.45) is 22.7 Å². The van der Waals surface area contributed by atoms with E-state index >= 15 is 0 Å². The van der Waals surface area contributed by atoms with E-state index < -0.39 is 5.54 Å². The molecule has 3 rings (SSSR count).